The summed E-state index contributed by atoms with van der Waals surface area (Å²) in [4.78, 5) is 14.5. The van der Waals surface area contributed by atoms with Gasteiger partial charge >= 0.3 is 5.97 Å². The molecule has 0 radical (unpaired) electrons. The van der Waals surface area contributed by atoms with Gasteiger partial charge < -0.3 is 4.74 Å². The summed E-state index contributed by atoms with van der Waals surface area (Å²) in [6.07, 6.45) is 0. The number of rotatable bonds is 2. The Kier molecular flexibility index (Phi) is 1.51. The second kappa shape index (κ2) is 2.17. The molecule has 0 aromatic rings. The highest BCUT2D eigenvalue weighted by atomic mass is 16.5. The highest BCUT2D eigenvalue weighted by Crippen LogP contribution is 2.11. The quantitative estimate of drug-likeness (QED) is 0.503. The SMILES string of the molecule is CCOC(=O)C1=N[C@@H]1C. The molecule has 1 aliphatic heterocycles. The number of esters is 1. The Morgan fingerprint density at radius 2 is 2.44 bits per heavy atom. The van der Waals surface area contributed by atoms with E-state index < -0.39 is 0 Å². The number of carbonyl (C=O) groups is 1. The van der Waals surface area contributed by atoms with Crippen molar-refractivity contribution < 1.29 is 9.53 Å². The summed E-state index contributed by atoms with van der Waals surface area (Å²) < 4.78 is 4.67. The van der Waals surface area contributed by atoms with Crippen molar-refractivity contribution >= 4 is 11.7 Å². The smallest absolute Gasteiger partial charge is 0.354 e. The predicted molar refractivity (Wildman–Crippen MR) is 33.5 cm³/mol. The highest BCUT2D eigenvalue weighted by Gasteiger charge is 2.30. The van der Waals surface area contributed by atoms with Gasteiger partial charge in [-0.3, -0.25) is 4.99 Å². The fourth-order valence-corrected chi connectivity index (χ4v) is 0.600. The molecule has 0 spiro atoms. The van der Waals surface area contributed by atoms with Gasteiger partial charge in [-0.05, 0) is 13.8 Å². The number of aliphatic imine (C=N–C) groups is 1. The number of nitrogens with zero attached hydrogens (tertiary/aromatic N) is 1. The molecule has 1 heterocycles. The largest absolute Gasteiger partial charge is 0.461 e. The summed E-state index contributed by atoms with van der Waals surface area (Å²) in [5, 5.41) is 0. The average Bonchev–Trinajstić information content (AvgIpc) is 2.47. The van der Waals surface area contributed by atoms with E-state index in [1.54, 1.807) is 6.92 Å². The molecule has 1 aliphatic rings. The standard InChI is InChI=1S/C6H9NO2/c1-3-9-6(8)5-4(2)7-5/h4H,3H2,1-2H3/t4-/m1/s1. The fourth-order valence-electron chi connectivity index (χ4n) is 0.600. The Labute approximate surface area is 53.7 Å². The average molecular weight is 127 g/mol. The molecule has 0 unspecified atom stereocenters. The van der Waals surface area contributed by atoms with Crippen LogP contribution in [0.3, 0.4) is 0 Å². The first-order valence-electron chi connectivity index (χ1n) is 3.00. The minimum absolute atomic E-state index is 0.115. The molecule has 3 nitrogen and oxygen atoms in total. The molecule has 0 aliphatic carbocycles. The van der Waals surface area contributed by atoms with Gasteiger partial charge in [0, 0.05) is 0 Å². The Hall–Kier alpha value is -0.860. The first kappa shape index (κ1) is 6.26. The zero-order chi connectivity index (χ0) is 6.85. The van der Waals surface area contributed by atoms with Crippen molar-refractivity contribution in [3.05, 3.63) is 0 Å². The summed E-state index contributed by atoms with van der Waals surface area (Å²) in [5.74, 6) is -0.259. The monoisotopic (exact) mass is 127 g/mol. The Balaban J connectivity index is 2.28. The molecule has 1 atom stereocenters. The van der Waals surface area contributed by atoms with Crippen LogP contribution >= 0.6 is 0 Å². The van der Waals surface area contributed by atoms with E-state index in [9.17, 15) is 4.79 Å². The summed E-state index contributed by atoms with van der Waals surface area (Å²) in [6, 6.07) is 0.115. The van der Waals surface area contributed by atoms with Gasteiger partial charge in [0.15, 0.2) is 0 Å². The molecule has 0 amide bonds. The molecule has 0 saturated carbocycles. The van der Waals surface area contributed by atoms with Crippen LogP contribution in [0.15, 0.2) is 4.99 Å². The van der Waals surface area contributed by atoms with E-state index >= 15 is 0 Å². The Bertz CT molecular complexity index is 162. The van der Waals surface area contributed by atoms with E-state index in [1.165, 1.54) is 0 Å². The van der Waals surface area contributed by atoms with Crippen molar-refractivity contribution in [2.45, 2.75) is 19.9 Å². The van der Waals surface area contributed by atoms with E-state index in [0.29, 0.717) is 12.3 Å². The lowest BCUT2D eigenvalue weighted by Gasteiger charge is -1.92. The van der Waals surface area contributed by atoms with Crippen LogP contribution in [0.2, 0.25) is 0 Å². The molecule has 50 valence electrons. The number of ether oxygens (including phenoxy) is 1. The summed E-state index contributed by atoms with van der Waals surface area (Å²) in [5.41, 5.74) is 0.580. The van der Waals surface area contributed by atoms with Crippen molar-refractivity contribution in [3.63, 3.8) is 0 Å². The maximum atomic E-state index is 10.7. The van der Waals surface area contributed by atoms with Crippen molar-refractivity contribution in [3.8, 4) is 0 Å². The maximum Gasteiger partial charge on any atom is 0.354 e. The van der Waals surface area contributed by atoms with Gasteiger partial charge in [0.05, 0.1) is 12.6 Å². The third-order valence-electron chi connectivity index (χ3n) is 1.15. The van der Waals surface area contributed by atoms with E-state index in [-0.39, 0.29) is 12.0 Å². The van der Waals surface area contributed by atoms with E-state index in [1.807, 2.05) is 6.92 Å². The number of hydrogen-bond acceptors (Lipinski definition) is 3. The van der Waals surface area contributed by atoms with Gasteiger partial charge in [-0.25, -0.2) is 4.79 Å². The van der Waals surface area contributed by atoms with Crippen molar-refractivity contribution in [2.75, 3.05) is 6.61 Å². The van der Waals surface area contributed by atoms with Crippen LogP contribution in [0.5, 0.6) is 0 Å². The molecule has 0 saturated heterocycles. The van der Waals surface area contributed by atoms with Crippen LogP contribution in [-0.2, 0) is 9.53 Å². The number of hydrogen-bond donors (Lipinski definition) is 0. The van der Waals surface area contributed by atoms with Gasteiger partial charge in [-0.15, -0.1) is 0 Å². The minimum atomic E-state index is -0.259. The molecule has 3 heteroatoms. The predicted octanol–water partition coefficient (Wildman–Crippen LogP) is 0.393. The normalized spacial score (nSPS) is 22.9. The lowest BCUT2D eigenvalue weighted by Crippen LogP contribution is -2.12. The zero-order valence-corrected chi connectivity index (χ0v) is 5.55. The van der Waals surface area contributed by atoms with Gasteiger partial charge in [-0.2, -0.15) is 0 Å². The maximum absolute atomic E-state index is 10.7. The summed E-state index contributed by atoms with van der Waals surface area (Å²) >= 11 is 0. The van der Waals surface area contributed by atoms with Crippen LogP contribution in [0.25, 0.3) is 0 Å². The van der Waals surface area contributed by atoms with Crippen LogP contribution in [0.4, 0.5) is 0 Å². The molecule has 0 fully saturated rings. The van der Waals surface area contributed by atoms with Crippen LogP contribution < -0.4 is 0 Å². The van der Waals surface area contributed by atoms with E-state index in [2.05, 4.69) is 9.73 Å². The Morgan fingerprint density at radius 1 is 1.89 bits per heavy atom. The molecule has 0 N–H and O–H groups in total. The first-order chi connectivity index (χ1) is 4.25. The van der Waals surface area contributed by atoms with Crippen molar-refractivity contribution in [1.29, 1.82) is 0 Å². The Morgan fingerprint density at radius 3 is 2.78 bits per heavy atom. The lowest BCUT2D eigenvalue weighted by molar-refractivity contribution is -0.134. The van der Waals surface area contributed by atoms with Gasteiger partial charge in [0.1, 0.15) is 5.71 Å². The molecule has 1 rings (SSSR count). The van der Waals surface area contributed by atoms with Crippen LogP contribution in [-0.4, -0.2) is 24.3 Å². The lowest BCUT2D eigenvalue weighted by atomic mass is 10.3. The summed E-state index contributed by atoms with van der Waals surface area (Å²) in [6.45, 7) is 4.09. The molecule has 0 bridgehead atoms. The molecule has 9 heavy (non-hydrogen) atoms. The minimum Gasteiger partial charge on any atom is -0.461 e. The number of carbonyl (C=O) groups excluding carboxylic acids is 1. The van der Waals surface area contributed by atoms with Crippen molar-refractivity contribution in [2.24, 2.45) is 4.99 Å². The third-order valence-corrected chi connectivity index (χ3v) is 1.15. The molecule has 0 aromatic heterocycles. The topological polar surface area (TPSA) is 38.7 Å². The first-order valence-corrected chi connectivity index (χ1v) is 3.00. The van der Waals surface area contributed by atoms with E-state index in [0.717, 1.165) is 0 Å². The zero-order valence-electron chi connectivity index (χ0n) is 5.55. The molecular weight excluding hydrogens is 118 g/mol. The van der Waals surface area contributed by atoms with Gasteiger partial charge in [0.25, 0.3) is 0 Å². The van der Waals surface area contributed by atoms with Crippen molar-refractivity contribution in [1.82, 2.24) is 0 Å². The molecule has 0 aromatic carbocycles. The molecular formula is C6H9NO2. The highest BCUT2D eigenvalue weighted by molar-refractivity contribution is 6.43. The summed E-state index contributed by atoms with van der Waals surface area (Å²) in [7, 11) is 0. The van der Waals surface area contributed by atoms with E-state index in [4.69, 9.17) is 0 Å². The van der Waals surface area contributed by atoms with Gasteiger partial charge in [-0.1, -0.05) is 0 Å². The van der Waals surface area contributed by atoms with Crippen LogP contribution in [0.1, 0.15) is 13.8 Å². The third kappa shape index (κ3) is 1.28. The fraction of sp³-hybridized carbons (Fsp3) is 0.667. The second-order valence-corrected chi connectivity index (χ2v) is 1.91. The second-order valence-electron chi connectivity index (χ2n) is 1.91. The van der Waals surface area contributed by atoms with Crippen LogP contribution in [0, 0.1) is 0 Å². The van der Waals surface area contributed by atoms with Gasteiger partial charge in [0.2, 0.25) is 0 Å².